The average Bonchev–Trinajstić information content (AvgIpc) is 2.96. The smallest absolute Gasteiger partial charge is 0.264 e. The highest BCUT2D eigenvalue weighted by Gasteiger charge is 2.29. The molecule has 33 heavy (non-hydrogen) atoms. The third kappa shape index (κ3) is 5.34. The topological polar surface area (TPSA) is 86.4 Å². The van der Waals surface area contributed by atoms with Gasteiger partial charge >= 0.3 is 0 Å². The van der Waals surface area contributed by atoms with Gasteiger partial charge in [0, 0.05) is 44.1 Å². The normalized spacial score (nSPS) is 15.8. The summed E-state index contributed by atoms with van der Waals surface area (Å²) in [7, 11) is -3.79. The lowest BCUT2D eigenvalue weighted by molar-refractivity contribution is -0.126. The number of benzene rings is 1. The van der Waals surface area contributed by atoms with E-state index in [1.165, 1.54) is 21.3 Å². The van der Waals surface area contributed by atoms with Crippen LogP contribution in [0.25, 0.3) is 6.08 Å². The van der Waals surface area contributed by atoms with Gasteiger partial charge in [0.25, 0.3) is 5.91 Å². The first kappa shape index (κ1) is 24.7. The van der Waals surface area contributed by atoms with Crippen LogP contribution in [0, 0.1) is 31.0 Å². The van der Waals surface area contributed by atoms with Gasteiger partial charge in [-0.2, -0.15) is 9.57 Å². The predicted molar refractivity (Wildman–Crippen MR) is 124 cm³/mol. The maximum absolute atomic E-state index is 13.2. The summed E-state index contributed by atoms with van der Waals surface area (Å²) < 4.78 is 42.5. The molecule has 0 aliphatic carbocycles. The second-order valence-corrected chi connectivity index (χ2v) is 10.1. The zero-order valence-corrected chi connectivity index (χ0v) is 20.0. The monoisotopic (exact) mass is 472 g/mol. The van der Waals surface area contributed by atoms with Crippen LogP contribution in [0.2, 0.25) is 0 Å². The van der Waals surface area contributed by atoms with Crippen LogP contribution in [-0.2, 0) is 21.4 Å². The van der Waals surface area contributed by atoms with Crippen molar-refractivity contribution in [3.05, 3.63) is 58.7 Å². The summed E-state index contributed by atoms with van der Waals surface area (Å²) in [5.74, 6) is -0.910. The van der Waals surface area contributed by atoms with Crippen molar-refractivity contribution in [2.45, 2.75) is 45.1 Å². The van der Waals surface area contributed by atoms with Gasteiger partial charge in [-0.15, -0.1) is 0 Å². The number of nitrogens with zero attached hydrogens (tertiary/aromatic N) is 4. The van der Waals surface area contributed by atoms with E-state index in [-0.39, 0.29) is 30.1 Å². The summed E-state index contributed by atoms with van der Waals surface area (Å²) in [5, 5.41) is 9.67. The molecule has 3 rings (SSSR count). The Labute approximate surface area is 194 Å². The molecule has 2 heterocycles. The van der Waals surface area contributed by atoms with Crippen LogP contribution >= 0.6 is 0 Å². The molecule has 1 aliphatic heterocycles. The summed E-state index contributed by atoms with van der Waals surface area (Å²) in [6, 6.07) is 8.70. The Balaban J connectivity index is 1.77. The van der Waals surface area contributed by atoms with Crippen molar-refractivity contribution in [1.82, 2.24) is 13.8 Å². The second-order valence-electron chi connectivity index (χ2n) is 8.15. The van der Waals surface area contributed by atoms with E-state index in [1.54, 1.807) is 6.08 Å². The van der Waals surface area contributed by atoms with Gasteiger partial charge in [-0.1, -0.05) is 6.92 Å². The molecule has 0 bridgehead atoms. The largest absolute Gasteiger partial charge is 0.349 e. The zero-order chi connectivity index (χ0) is 24.2. The van der Waals surface area contributed by atoms with Crippen LogP contribution in [0.1, 0.15) is 36.7 Å². The van der Waals surface area contributed by atoms with E-state index in [0.29, 0.717) is 13.0 Å². The number of rotatable bonds is 6. The van der Waals surface area contributed by atoms with Gasteiger partial charge in [0.05, 0.1) is 4.90 Å². The number of hydrogen-bond donors (Lipinski definition) is 0. The van der Waals surface area contributed by atoms with Gasteiger partial charge in [-0.3, -0.25) is 4.79 Å². The first-order chi connectivity index (χ1) is 15.7. The summed E-state index contributed by atoms with van der Waals surface area (Å²) >= 11 is 0. The first-order valence-corrected chi connectivity index (χ1v) is 12.5. The number of carbonyl (C=O) groups is 1. The van der Waals surface area contributed by atoms with Crippen molar-refractivity contribution in [3.8, 4) is 6.07 Å². The number of nitriles is 1. The molecule has 0 spiro atoms. The molecule has 0 atom stereocenters. The molecule has 1 aromatic carbocycles. The molecule has 7 nitrogen and oxygen atoms in total. The third-order valence-electron chi connectivity index (χ3n) is 5.90. The molecule has 0 radical (unpaired) electrons. The lowest BCUT2D eigenvalue weighted by Crippen LogP contribution is -2.37. The van der Waals surface area contributed by atoms with E-state index in [2.05, 4.69) is 11.5 Å². The first-order valence-electron chi connectivity index (χ1n) is 11.0. The Morgan fingerprint density at radius 2 is 1.85 bits per heavy atom. The highest BCUT2D eigenvalue weighted by molar-refractivity contribution is 7.89. The fourth-order valence-corrected chi connectivity index (χ4v) is 5.57. The van der Waals surface area contributed by atoms with Gasteiger partial charge in [0.15, 0.2) is 0 Å². The summed E-state index contributed by atoms with van der Waals surface area (Å²) in [6.45, 7) is 7.80. The molecule has 1 fully saturated rings. The van der Waals surface area contributed by atoms with Crippen molar-refractivity contribution in [2.75, 3.05) is 26.2 Å². The number of sulfonamides is 1. The Kier molecular flexibility index (Phi) is 7.72. The van der Waals surface area contributed by atoms with Gasteiger partial charge in [-0.05, 0) is 68.7 Å². The molecule has 0 saturated carbocycles. The molecule has 1 aromatic heterocycles. The standard InChI is InChI=1S/C24H29FN4O3S/c1-4-10-29-18(2)15-20(19(29)3)16-21(17-26)24(30)27-11-5-12-28(14-13-27)33(31,32)23-8-6-22(25)7-9-23/h6-9,15-16H,4-5,10-14H2,1-3H3/b21-16+. The molecule has 1 aliphatic rings. The van der Waals surface area contributed by atoms with Crippen LogP contribution in [0.3, 0.4) is 0 Å². The number of carbonyl (C=O) groups excluding carboxylic acids is 1. The number of hydrogen-bond acceptors (Lipinski definition) is 4. The maximum atomic E-state index is 13.2. The minimum absolute atomic E-state index is 0.0173. The number of aromatic nitrogens is 1. The predicted octanol–water partition coefficient (Wildman–Crippen LogP) is 3.48. The highest BCUT2D eigenvalue weighted by atomic mass is 32.2. The van der Waals surface area contributed by atoms with E-state index >= 15 is 0 Å². The van der Waals surface area contributed by atoms with Gasteiger partial charge in [0.1, 0.15) is 17.5 Å². The number of halogens is 1. The quantitative estimate of drug-likeness (QED) is 0.476. The van der Waals surface area contributed by atoms with E-state index < -0.39 is 21.7 Å². The molecule has 176 valence electrons. The Morgan fingerprint density at radius 1 is 1.15 bits per heavy atom. The lowest BCUT2D eigenvalue weighted by atomic mass is 10.1. The summed E-state index contributed by atoms with van der Waals surface area (Å²) in [4.78, 5) is 14.6. The molecule has 1 saturated heterocycles. The average molecular weight is 473 g/mol. The van der Waals surface area contributed by atoms with Crippen molar-refractivity contribution >= 4 is 22.0 Å². The third-order valence-corrected chi connectivity index (χ3v) is 7.82. The van der Waals surface area contributed by atoms with Crippen molar-refractivity contribution in [2.24, 2.45) is 0 Å². The van der Waals surface area contributed by atoms with Gasteiger partial charge < -0.3 is 9.47 Å². The SMILES string of the molecule is CCCn1c(C)cc(/C=C(\C#N)C(=O)N2CCCN(S(=O)(=O)c3ccc(F)cc3)CC2)c1C. The van der Waals surface area contributed by atoms with Crippen molar-refractivity contribution < 1.29 is 17.6 Å². The fourth-order valence-electron chi connectivity index (χ4n) is 4.10. The lowest BCUT2D eigenvalue weighted by Gasteiger charge is -2.21. The van der Waals surface area contributed by atoms with Crippen LogP contribution in [-0.4, -0.2) is 54.3 Å². The molecule has 1 amide bonds. The summed E-state index contributed by atoms with van der Waals surface area (Å²) in [5.41, 5.74) is 2.94. The van der Waals surface area contributed by atoms with Gasteiger partial charge in [-0.25, -0.2) is 12.8 Å². The number of amides is 1. The number of aryl methyl sites for hydroxylation is 1. The maximum Gasteiger partial charge on any atom is 0.264 e. The van der Waals surface area contributed by atoms with Crippen molar-refractivity contribution in [1.29, 1.82) is 5.26 Å². The van der Waals surface area contributed by atoms with Crippen LogP contribution in [0.5, 0.6) is 0 Å². The minimum Gasteiger partial charge on any atom is -0.349 e. The fraction of sp³-hybridized carbons (Fsp3) is 0.417. The van der Waals surface area contributed by atoms with E-state index in [9.17, 15) is 22.9 Å². The van der Waals surface area contributed by atoms with E-state index in [4.69, 9.17) is 0 Å². The van der Waals surface area contributed by atoms with E-state index in [1.807, 2.05) is 26.0 Å². The minimum atomic E-state index is -3.79. The Hall–Kier alpha value is -2.96. The highest BCUT2D eigenvalue weighted by Crippen LogP contribution is 2.21. The molecule has 0 unspecified atom stereocenters. The van der Waals surface area contributed by atoms with Crippen LogP contribution in [0.4, 0.5) is 4.39 Å². The van der Waals surface area contributed by atoms with Crippen molar-refractivity contribution in [3.63, 3.8) is 0 Å². The molecular weight excluding hydrogens is 443 g/mol. The van der Waals surface area contributed by atoms with E-state index in [0.717, 1.165) is 42.0 Å². The Bertz CT molecular complexity index is 1190. The molecule has 9 heteroatoms. The summed E-state index contributed by atoms with van der Waals surface area (Å²) in [6.07, 6.45) is 3.04. The molecule has 0 N–H and O–H groups in total. The van der Waals surface area contributed by atoms with Crippen LogP contribution < -0.4 is 0 Å². The second kappa shape index (κ2) is 10.3. The Morgan fingerprint density at radius 3 is 2.48 bits per heavy atom. The zero-order valence-electron chi connectivity index (χ0n) is 19.2. The van der Waals surface area contributed by atoms with Crippen LogP contribution in [0.15, 0.2) is 40.8 Å². The van der Waals surface area contributed by atoms with Gasteiger partial charge in [0.2, 0.25) is 10.0 Å². The molecular formula is C24H29FN4O3S. The molecule has 2 aromatic rings.